The molecule has 5 rings (SSSR count). The Balaban J connectivity index is 1.46. The first-order valence-corrected chi connectivity index (χ1v) is 11.2. The largest absolute Gasteiger partial charge is 0.364 e. The summed E-state index contributed by atoms with van der Waals surface area (Å²) in [5, 5.41) is 14.9. The van der Waals surface area contributed by atoms with Crippen LogP contribution >= 0.6 is 0 Å². The van der Waals surface area contributed by atoms with Crippen LogP contribution in [-0.4, -0.2) is 48.4 Å². The van der Waals surface area contributed by atoms with Crippen molar-refractivity contribution in [3.05, 3.63) is 54.6 Å². The van der Waals surface area contributed by atoms with E-state index in [2.05, 4.69) is 56.6 Å². The van der Waals surface area contributed by atoms with Gasteiger partial charge in [0.2, 0.25) is 5.95 Å². The van der Waals surface area contributed by atoms with Gasteiger partial charge in [-0.25, -0.2) is 9.67 Å². The van der Waals surface area contributed by atoms with Crippen LogP contribution in [0.4, 0.5) is 11.8 Å². The molecule has 0 amide bonds. The van der Waals surface area contributed by atoms with Crippen LogP contribution in [0.2, 0.25) is 0 Å². The van der Waals surface area contributed by atoms with E-state index in [4.69, 9.17) is 9.97 Å². The average molecular weight is 432 g/mol. The molecule has 0 radical (unpaired) electrons. The summed E-state index contributed by atoms with van der Waals surface area (Å²) in [5.41, 5.74) is 3.78. The summed E-state index contributed by atoms with van der Waals surface area (Å²) in [7, 11) is 0. The number of hydrogen-bond acceptors (Lipinski definition) is 7. The summed E-state index contributed by atoms with van der Waals surface area (Å²) < 4.78 is 3.97. The maximum Gasteiger partial charge on any atom is 0.227 e. The maximum absolute atomic E-state index is 4.82. The Kier molecular flexibility index (Phi) is 5.72. The Morgan fingerprint density at radius 1 is 1.19 bits per heavy atom. The number of nitrogens with one attached hydrogen (secondary N) is 3. The van der Waals surface area contributed by atoms with Gasteiger partial charge in [-0.15, -0.1) is 0 Å². The zero-order valence-corrected chi connectivity index (χ0v) is 18.5. The Bertz CT molecular complexity index is 1170. The summed E-state index contributed by atoms with van der Waals surface area (Å²) in [4.78, 5) is 14.3. The molecule has 0 spiro atoms. The van der Waals surface area contributed by atoms with Crippen molar-refractivity contribution >= 4 is 22.9 Å². The quantitative estimate of drug-likeness (QED) is 0.413. The number of fused-ring (bicyclic) bond motifs is 1. The Morgan fingerprint density at radius 2 is 2.09 bits per heavy atom. The van der Waals surface area contributed by atoms with Crippen molar-refractivity contribution < 1.29 is 0 Å². The fraction of sp³-hybridized carbons (Fsp3) is 0.391. The standard InChI is InChI=1S/C23H29N9/c1-16(2)31-15-26-20-21(29-23(30-22(20)31)28-18-8-5-10-24-14-18)25-13-17-7-3-4-9-19(17)32-12-6-11-27-32/h3-4,6-7,9,11-12,15-16,18,24H,5,8,10,13-14H2,1-2H3,(H2,25,28,29,30). The van der Waals surface area contributed by atoms with Crippen molar-refractivity contribution in [3.8, 4) is 5.69 Å². The minimum absolute atomic E-state index is 0.257. The predicted octanol–water partition coefficient (Wildman–Crippen LogP) is 3.37. The van der Waals surface area contributed by atoms with E-state index in [-0.39, 0.29) is 6.04 Å². The molecule has 1 aromatic carbocycles. The number of aromatic nitrogens is 6. The molecule has 1 aliphatic rings. The molecule has 9 nitrogen and oxygen atoms in total. The summed E-state index contributed by atoms with van der Waals surface area (Å²) in [6.07, 6.45) is 7.84. The third kappa shape index (κ3) is 4.16. The highest BCUT2D eigenvalue weighted by Crippen LogP contribution is 2.25. The highest BCUT2D eigenvalue weighted by molar-refractivity contribution is 5.84. The van der Waals surface area contributed by atoms with E-state index in [1.165, 1.54) is 0 Å². The molecule has 166 valence electrons. The van der Waals surface area contributed by atoms with Gasteiger partial charge >= 0.3 is 0 Å². The molecule has 1 aliphatic heterocycles. The summed E-state index contributed by atoms with van der Waals surface area (Å²) in [6.45, 7) is 6.86. The lowest BCUT2D eigenvalue weighted by Gasteiger charge is -2.24. The lowest BCUT2D eigenvalue weighted by Crippen LogP contribution is -2.38. The zero-order valence-electron chi connectivity index (χ0n) is 18.5. The van der Waals surface area contributed by atoms with E-state index < -0.39 is 0 Å². The number of benzene rings is 1. The number of hydrogen-bond donors (Lipinski definition) is 3. The van der Waals surface area contributed by atoms with E-state index in [1.807, 2.05) is 35.4 Å². The molecule has 32 heavy (non-hydrogen) atoms. The van der Waals surface area contributed by atoms with Gasteiger partial charge in [0.15, 0.2) is 17.0 Å². The van der Waals surface area contributed by atoms with Crippen LogP contribution in [0.1, 0.15) is 38.3 Å². The smallest absolute Gasteiger partial charge is 0.227 e. The van der Waals surface area contributed by atoms with Crippen molar-refractivity contribution in [1.29, 1.82) is 0 Å². The van der Waals surface area contributed by atoms with Gasteiger partial charge in [0, 0.05) is 37.6 Å². The fourth-order valence-corrected chi connectivity index (χ4v) is 4.11. The first-order chi connectivity index (χ1) is 15.7. The first-order valence-electron chi connectivity index (χ1n) is 11.2. The van der Waals surface area contributed by atoms with Gasteiger partial charge in [0.25, 0.3) is 0 Å². The Hall–Kier alpha value is -3.46. The molecule has 0 bridgehead atoms. The van der Waals surface area contributed by atoms with Crippen LogP contribution in [0.15, 0.2) is 49.1 Å². The minimum atomic E-state index is 0.257. The third-order valence-corrected chi connectivity index (χ3v) is 5.80. The molecule has 4 heterocycles. The lowest BCUT2D eigenvalue weighted by molar-refractivity contribution is 0.478. The minimum Gasteiger partial charge on any atom is -0.364 e. The fourth-order valence-electron chi connectivity index (χ4n) is 4.11. The topological polar surface area (TPSA) is 97.5 Å². The molecular formula is C23H29N9. The summed E-state index contributed by atoms with van der Waals surface area (Å²) in [6, 6.07) is 10.7. The number of nitrogens with zero attached hydrogens (tertiary/aromatic N) is 6. The molecule has 9 heteroatoms. The number of para-hydroxylation sites is 1. The Labute approximate surface area is 187 Å². The van der Waals surface area contributed by atoms with Crippen molar-refractivity contribution in [1.82, 2.24) is 34.6 Å². The van der Waals surface area contributed by atoms with Crippen LogP contribution in [0.5, 0.6) is 0 Å². The van der Waals surface area contributed by atoms with Gasteiger partial charge in [0.05, 0.1) is 12.0 Å². The van der Waals surface area contributed by atoms with E-state index >= 15 is 0 Å². The molecular weight excluding hydrogens is 402 g/mol. The summed E-state index contributed by atoms with van der Waals surface area (Å²) in [5.74, 6) is 1.37. The Morgan fingerprint density at radius 3 is 2.88 bits per heavy atom. The van der Waals surface area contributed by atoms with Gasteiger partial charge < -0.3 is 20.5 Å². The van der Waals surface area contributed by atoms with Gasteiger partial charge in [-0.2, -0.15) is 15.1 Å². The summed E-state index contributed by atoms with van der Waals surface area (Å²) >= 11 is 0. The van der Waals surface area contributed by atoms with Crippen LogP contribution in [-0.2, 0) is 6.54 Å². The van der Waals surface area contributed by atoms with E-state index in [9.17, 15) is 0 Å². The maximum atomic E-state index is 4.82. The second kappa shape index (κ2) is 8.96. The van der Waals surface area contributed by atoms with Crippen LogP contribution < -0.4 is 16.0 Å². The molecule has 4 aromatic rings. The molecule has 1 unspecified atom stereocenters. The second-order valence-corrected chi connectivity index (χ2v) is 8.43. The molecule has 0 saturated carbocycles. The zero-order chi connectivity index (χ0) is 21.9. The molecule has 3 aromatic heterocycles. The monoisotopic (exact) mass is 431 g/mol. The van der Waals surface area contributed by atoms with E-state index in [0.717, 1.165) is 54.2 Å². The van der Waals surface area contributed by atoms with Crippen LogP contribution in [0.3, 0.4) is 0 Å². The first kappa shape index (κ1) is 20.4. The van der Waals surface area contributed by atoms with Crippen molar-refractivity contribution in [3.63, 3.8) is 0 Å². The van der Waals surface area contributed by atoms with Gasteiger partial charge in [-0.05, 0) is 50.9 Å². The lowest BCUT2D eigenvalue weighted by atomic mass is 10.1. The highest BCUT2D eigenvalue weighted by atomic mass is 15.3. The van der Waals surface area contributed by atoms with E-state index in [1.54, 1.807) is 6.20 Å². The number of rotatable bonds is 7. The average Bonchev–Trinajstić information content (AvgIpc) is 3.49. The number of piperidine rings is 1. The van der Waals surface area contributed by atoms with Crippen LogP contribution in [0.25, 0.3) is 16.9 Å². The van der Waals surface area contributed by atoms with Crippen molar-refractivity contribution in [2.75, 3.05) is 23.7 Å². The predicted molar refractivity (Wildman–Crippen MR) is 126 cm³/mol. The van der Waals surface area contributed by atoms with Crippen molar-refractivity contribution in [2.24, 2.45) is 0 Å². The molecule has 1 saturated heterocycles. The number of imidazole rings is 1. The van der Waals surface area contributed by atoms with Crippen molar-refractivity contribution in [2.45, 2.75) is 45.3 Å². The van der Waals surface area contributed by atoms with Gasteiger partial charge in [-0.1, -0.05) is 18.2 Å². The number of anilines is 2. The molecule has 0 aliphatic carbocycles. The second-order valence-electron chi connectivity index (χ2n) is 8.43. The van der Waals surface area contributed by atoms with Gasteiger partial charge in [0.1, 0.15) is 0 Å². The highest BCUT2D eigenvalue weighted by Gasteiger charge is 2.18. The SMILES string of the molecule is CC(C)n1cnc2c(NCc3ccccc3-n3cccn3)nc(NC3CCCNC3)nc21. The normalized spacial score (nSPS) is 16.5. The van der Waals surface area contributed by atoms with Crippen LogP contribution in [0, 0.1) is 0 Å². The van der Waals surface area contributed by atoms with Gasteiger partial charge in [-0.3, -0.25) is 0 Å². The third-order valence-electron chi connectivity index (χ3n) is 5.80. The molecule has 1 atom stereocenters. The molecule has 3 N–H and O–H groups in total. The molecule has 1 fully saturated rings. The van der Waals surface area contributed by atoms with E-state index in [0.29, 0.717) is 18.5 Å².